The van der Waals surface area contributed by atoms with Crippen molar-refractivity contribution in [3.8, 4) is 0 Å². The molecule has 2 saturated carbocycles. The number of rotatable bonds is 8. The van der Waals surface area contributed by atoms with Crippen LogP contribution in [0.1, 0.15) is 67.3 Å². The molecule has 2 N–H and O–H groups in total. The van der Waals surface area contributed by atoms with Crippen LogP contribution in [0.15, 0.2) is 23.1 Å². The molecule has 3 rings (SSSR count). The summed E-state index contributed by atoms with van der Waals surface area (Å²) in [4.78, 5) is 12.6. The standard InChI is InChI=1S/C19H28N2O3S/c1-14-8-11-17(25(23,24)21-16-9-10-16)13-18(14)19(22)20-12-4-7-15-5-2-3-6-15/h8,11,13,15-16,21H,2-7,9-10,12H2,1H3,(H,20,22). The van der Waals surface area contributed by atoms with Crippen LogP contribution in [0.25, 0.3) is 0 Å². The second-order valence-electron chi connectivity index (χ2n) is 7.42. The van der Waals surface area contributed by atoms with Crippen LogP contribution in [-0.2, 0) is 10.0 Å². The van der Waals surface area contributed by atoms with E-state index < -0.39 is 10.0 Å². The van der Waals surface area contributed by atoms with Crippen molar-refractivity contribution in [3.05, 3.63) is 29.3 Å². The molecule has 6 heteroatoms. The number of hydrogen-bond acceptors (Lipinski definition) is 3. The molecule has 1 aromatic carbocycles. The molecule has 0 aromatic heterocycles. The minimum atomic E-state index is -3.54. The zero-order valence-electron chi connectivity index (χ0n) is 14.9. The second kappa shape index (κ2) is 7.87. The normalized spacial score (nSPS) is 18.4. The molecule has 2 fully saturated rings. The average molecular weight is 365 g/mol. The summed E-state index contributed by atoms with van der Waals surface area (Å²) in [5, 5.41) is 2.94. The van der Waals surface area contributed by atoms with Gasteiger partial charge in [0.15, 0.2) is 0 Å². The van der Waals surface area contributed by atoms with Crippen molar-refractivity contribution in [2.75, 3.05) is 6.54 Å². The summed E-state index contributed by atoms with van der Waals surface area (Å²) in [5.74, 6) is 0.632. The fourth-order valence-corrected chi connectivity index (χ4v) is 4.82. The Morgan fingerprint density at radius 1 is 1.16 bits per heavy atom. The van der Waals surface area contributed by atoms with Gasteiger partial charge in [0.25, 0.3) is 5.91 Å². The third-order valence-electron chi connectivity index (χ3n) is 5.21. The highest BCUT2D eigenvalue weighted by Gasteiger charge is 2.28. The van der Waals surface area contributed by atoms with Gasteiger partial charge in [-0.15, -0.1) is 0 Å². The number of carbonyl (C=O) groups is 1. The van der Waals surface area contributed by atoms with Gasteiger partial charge in [-0.05, 0) is 56.2 Å². The number of amides is 1. The molecule has 1 aromatic rings. The highest BCUT2D eigenvalue weighted by molar-refractivity contribution is 7.89. The Hall–Kier alpha value is -1.40. The molecule has 0 aliphatic heterocycles. The van der Waals surface area contributed by atoms with Gasteiger partial charge < -0.3 is 5.32 Å². The van der Waals surface area contributed by atoms with Crippen LogP contribution < -0.4 is 10.0 Å². The summed E-state index contributed by atoms with van der Waals surface area (Å²) in [7, 11) is -3.54. The first-order valence-electron chi connectivity index (χ1n) is 9.37. The molecule has 0 saturated heterocycles. The first kappa shape index (κ1) is 18.4. The monoisotopic (exact) mass is 364 g/mol. The molecule has 0 spiro atoms. The summed E-state index contributed by atoms with van der Waals surface area (Å²) in [5.41, 5.74) is 1.23. The van der Waals surface area contributed by atoms with Crippen molar-refractivity contribution in [3.63, 3.8) is 0 Å². The van der Waals surface area contributed by atoms with Crippen LogP contribution in [-0.4, -0.2) is 26.9 Å². The van der Waals surface area contributed by atoms with Crippen LogP contribution >= 0.6 is 0 Å². The van der Waals surface area contributed by atoms with E-state index in [1.807, 2.05) is 6.92 Å². The van der Waals surface area contributed by atoms with Crippen molar-refractivity contribution in [2.24, 2.45) is 5.92 Å². The van der Waals surface area contributed by atoms with E-state index in [1.54, 1.807) is 12.1 Å². The summed E-state index contributed by atoms with van der Waals surface area (Å²) < 4.78 is 27.3. The molecule has 5 nitrogen and oxygen atoms in total. The van der Waals surface area contributed by atoms with E-state index in [9.17, 15) is 13.2 Å². The number of hydrogen-bond donors (Lipinski definition) is 2. The van der Waals surface area contributed by atoms with E-state index >= 15 is 0 Å². The van der Waals surface area contributed by atoms with Crippen LogP contribution in [0.5, 0.6) is 0 Å². The quantitative estimate of drug-likeness (QED) is 0.696. The fourth-order valence-electron chi connectivity index (χ4n) is 3.49. The highest BCUT2D eigenvalue weighted by atomic mass is 32.2. The molecule has 25 heavy (non-hydrogen) atoms. The predicted octanol–water partition coefficient (Wildman–Crippen LogP) is 3.14. The zero-order valence-corrected chi connectivity index (χ0v) is 15.7. The van der Waals surface area contributed by atoms with E-state index in [1.165, 1.54) is 38.2 Å². The van der Waals surface area contributed by atoms with Gasteiger partial charge in [0, 0.05) is 18.2 Å². The Balaban J connectivity index is 1.58. The number of sulfonamides is 1. The summed E-state index contributed by atoms with van der Waals surface area (Å²) in [6, 6.07) is 4.82. The fraction of sp³-hybridized carbons (Fsp3) is 0.632. The smallest absolute Gasteiger partial charge is 0.251 e. The lowest BCUT2D eigenvalue weighted by molar-refractivity contribution is 0.0951. The van der Waals surface area contributed by atoms with Crippen molar-refractivity contribution in [1.29, 1.82) is 0 Å². The minimum Gasteiger partial charge on any atom is -0.352 e. The highest BCUT2D eigenvalue weighted by Crippen LogP contribution is 2.28. The molecule has 1 amide bonds. The molecular formula is C19H28N2O3S. The molecule has 0 bridgehead atoms. The third-order valence-corrected chi connectivity index (χ3v) is 6.73. The van der Waals surface area contributed by atoms with E-state index in [0.29, 0.717) is 12.1 Å². The maximum absolute atomic E-state index is 12.4. The van der Waals surface area contributed by atoms with Gasteiger partial charge >= 0.3 is 0 Å². The Bertz CT molecular complexity index is 720. The van der Waals surface area contributed by atoms with Gasteiger partial charge in [-0.2, -0.15) is 0 Å². The molecule has 0 unspecified atom stereocenters. The second-order valence-corrected chi connectivity index (χ2v) is 9.13. The van der Waals surface area contributed by atoms with Gasteiger partial charge in [0.2, 0.25) is 10.0 Å². The maximum Gasteiger partial charge on any atom is 0.251 e. The van der Waals surface area contributed by atoms with E-state index in [0.717, 1.165) is 30.7 Å². The molecule has 138 valence electrons. The summed E-state index contributed by atoms with van der Waals surface area (Å²) in [6.45, 7) is 2.48. The molecule has 0 heterocycles. The zero-order chi connectivity index (χ0) is 17.9. The van der Waals surface area contributed by atoms with Crippen LogP contribution in [0, 0.1) is 12.8 Å². The predicted molar refractivity (Wildman–Crippen MR) is 98.0 cm³/mol. The summed E-state index contributed by atoms with van der Waals surface area (Å²) in [6.07, 6.45) is 9.25. The van der Waals surface area contributed by atoms with Crippen molar-refractivity contribution < 1.29 is 13.2 Å². The van der Waals surface area contributed by atoms with E-state index in [-0.39, 0.29) is 16.8 Å². The Kier molecular flexibility index (Phi) is 5.79. The SMILES string of the molecule is Cc1ccc(S(=O)(=O)NC2CC2)cc1C(=O)NCCCC1CCCC1. The topological polar surface area (TPSA) is 75.3 Å². The van der Waals surface area contributed by atoms with Crippen molar-refractivity contribution >= 4 is 15.9 Å². The van der Waals surface area contributed by atoms with Gasteiger partial charge in [-0.1, -0.05) is 31.7 Å². The van der Waals surface area contributed by atoms with Crippen molar-refractivity contribution in [2.45, 2.75) is 69.2 Å². The first-order valence-corrected chi connectivity index (χ1v) is 10.9. The van der Waals surface area contributed by atoms with Crippen molar-refractivity contribution in [1.82, 2.24) is 10.0 Å². The number of nitrogens with one attached hydrogen (secondary N) is 2. The number of carbonyl (C=O) groups excluding carboxylic acids is 1. The largest absolute Gasteiger partial charge is 0.352 e. The molecule has 2 aliphatic carbocycles. The number of aryl methyl sites for hydroxylation is 1. The van der Waals surface area contributed by atoms with Gasteiger partial charge in [-0.3, -0.25) is 4.79 Å². The summed E-state index contributed by atoms with van der Waals surface area (Å²) >= 11 is 0. The third kappa shape index (κ3) is 5.05. The lowest BCUT2D eigenvalue weighted by Crippen LogP contribution is -2.28. The van der Waals surface area contributed by atoms with E-state index in [2.05, 4.69) is 10.0 Å². The van der Waals surface area contributed by atoms with Gasteiger partial charge in [0.05, 0.1) is 4.90 Å². The minimum absolute atomic E-state index is 0.0548. The van der Waals surface area contributed by atoms with Crippen LogP contribution in [0.2, 0.25) is 0 Å². The maximum atomic E-state index is 12.4. The molecule has 2 aliphatic rings. The Morgan fingerprint density at radius 3 is 2.56 bits per heavy atom. The van der Waals surface area contributed by atoms with E-state index in [4.69, 9.17) is 0 Å². The molecule has 0 atom stereocenters. The van der Waals surface area contributed by atoms with Crippen LogP contribution in [0.4, 0.5) is 0 Å². The van der Waals surface area contributed by atoms with Gasteiger partial charge in [-0.25, -0.2) is 13.1 Å². The molecule has 0 radical (unpaired) electrons. The number of benzene rings is 1. The lowest BCUT2D eigenvalue weighted by atomic mass is 10.0. The Morgan fingerprint density at radius 2 is 1.88 bits per heavy atom. The average Bonchev–Trinajstić information content (AvgIpc) is 3.22. The van der Waals surface area contributed by atoms with Crippen LogP contribution in [0.3, 0.4) is 0 Å². The first-order chi connectivity index (χ1) is 12.0. The Labute approximate surface area is 150 Å². The lowest BCUT2D eigenvalue weighted by Gasteiger charge is -2.12. The van der Waals surface area contributed by atoms with Gasteiger partial charge in [0.1, 0.15) is 0 Å². The molecular weight excluding hydrogens is 336 g/mol.